The number of hydrogen-bond acceptors (Lipinski definition) is 5. The van der Waals surface area contributed by atoms with Gasteiger partial charge in [0.15, 0.2) is 5.69 Å². The molecule has 7 nitrogen and oxygen atoms in total. The van der Waals surface area contributed by atoms with Crippen LogP contribution in [0.4, 0.5) is 0 Å². The molecule has 0 aliphatic carbocycles. The molecule has 0 aliphatic rings. The molecule has 2 rings (SSSR count). The van der Waals surface area contributed by atoms with Gasteiger partial charge in [0.2, 0.25) is 15.0 Å². The second kappa shape index (κ2) is 4.54. The Kier molecular flexibility index (Phi) is 3.19. The van der Waals surface area contributed by atoms with E-state index in [0.29, 0.717) is 5.76 Å². The highest BCUT2D eigenvalue weighted by Gasteiger charge is 2.25. The van der Waals surface area contributed by atoms with Crippen molar-refractivity contribution in [2.24, 2.45) is 7.05 Å². The van der Waals surface area contributed by atoms with E-state index in [1.165, 1.54) is 17.9 Å². The molecule has 0 bridgehead atoms. The van der Waals surface area contributed by atoms with Crippen molar-refractivity contribution in [1.29, 1.82) is 0 Å². The van der Waals surface area contributed by atoms with Crippen molar-refractivity contribution in [2.45, 2.75) is 11.6 Å². The Hall–Kier alpha value is -2.09. The van der Waals surface area contributed by atoms with Crippen molar-refractivity contribution in [3.05, 3.63) is 35.5 Å². The van der Waals surface area contributed by atoms with Crippen molar-refractivity contribution in [1.82, 2.24) is 9.55 Å². The normalized spacial score (nSPS) is 11.7. The summed E-state index contributed by atoms with van der Waals surface area (Å²) in [6.45, 7) is 0. The maximum absolute atomic E-state index is 11.5. The quantitative estimate of drug-likeness (QED) is 0.886. The molecular formula is C11H12N2O5S. The van der Waals surface area contributed by atoms with Gasteiger partial charge >= 0.3 is 5.97 Å². The molecule has 19 heavy (non-hydrogen) atoms. The molecule has 0 fully saturated rings. The maximum atomic E-state index is 11.5. The molecule has 102 valence electrons. The molecule has 2 aromatic rings. The average molecular weight is 284 g/mol. The molecule has 1 N–H and O–H groups in total. The number of hydrogen-bond donors (Lipinski definition) is 1. The van der Waals surface area contributed by atoms with Crippen molar-refractivity contribution in [2.75, 3.05) is 6.26 Å². The molecule has 0 saturated carbocycles. The van der Waals surface area contributed by atoms with Crippen LogP contribution in [0.15, 0.2) is 28.0 Å². The number of aromatic nitrogens is 2. The van der Waals surface area contributed by atoms with Gasteiger partial charge in [-0.05, 0) is 12.1 Å². The van der Waals surface area contributed by atoms with E-state index in [1.807, 2.05) is 0 Å². The summed E-state index contributed by atoms with van der Waals surface area (Å²) in [6, 6.07) is 3.35. The molecule has 8 heteroatoms. The molecule has 0 radical (unpaired) electrons. The fourth-order valence-corrected chi connectivity index (χ4v) is 2.66. The van der Waals surface area contributed by atoms with Crippen molar-refractivity contribution < 1.29 is 22.7 Å². The second-order valence-electron chi connectivity index (χ2n) is 4.08. The van der Waals surface area contributed by atoms with Crippen LogP contribution in [0.25, 0.3) is 0 Å². The fourth-order valence-electron chi connectivity index (χ4n) is 1.79. The molecule has 0 atom stereocenters. The van der Waals surface area contributed by atoms with E-state index in [4.69, 9.17) is 9.52 Å². The Morgan fingerprint density at radius 3 is 2.68 bits per heavy atom. The van der Waals surface area contributed by atoms with E-state index in [2.05, 4.69) is 4.98 Å². The number of carboxylic acids is 1. The first kappa shape index (κ1) is 13.3. The lowest BCUT2D eigenvalue weighted by Crippen LogP contribution is -2.08. The van der Waals surface area contributed by atoms with Crippen molar-refractivity contribution in [3.8, 4) is 0 Å². The van der Waals surface area contributed by atoms with Crippen LogP contribution >= 0.6 is 0 Å². The predicted octanol–water partition coefficient (Wildman–Crippen LogP) is 0.706. The summed E-state index contributed by atoms with van der Waals surface area (Å²) in [4.78, 5) is 14.8. The highest BCUT2D eigenvalue weighted by atomic mass is 32.2. The van der Waals surface area contributed by atoms with Crippen molar-refractivity contribution in [3.63, 3.8) is 0 Å². The largest absolute Gasteiger partial charge is 0.476 e. The van der Waals surface area contributed by atoms with Crippen LogP contribution in [0.5, 0.6) is 0 Å². The lowest BCUT2D eigenvalue weighted by Gasteiger charge is -2.03. The first-order chi connectivity index (χ1) is 8.80. The number of rotatable bonds is 4. The SMILES string of the molecule is Cn1c(S(C)(=O)=O)nc(C(=O)O)c1Cc1ccco1. The Bertz CT molecular complexity index is 713. The predicted molar refractivity (Wildman–Crippen MR) is 64.8 cm³/mol. The summed E-state index contributed by atoms with van der Waals surface area (Å²) in [5.74, 6) is -0.738. The number of nitrogens with zero attached hydrogens (tertiary/aromatic N) is 2. The number of imidazole rings is 1. The van der Waals surface area contributed by atoms with Crippen LogP contribution in [0.2, 0.25) is 0 Å². The second-order valence-corrected chi connectivity index (χ2v) is 5.99. The number of furan rings is 1. The van der Waals surface area contributed by atoms with Gasteiger partial charge in [-0.25, -0.2) is 18.2 Å². The molecule has 0 unspecified atom stereocenters. The lowest BCUT2D eigenvalue weighted by atomic mass is 10.2. The Balaban J connectivity index is 2.58. The van der Waals surface area contributed by atoms with E-state index in [9.17, 15) is 13.2 Å². The number of carbonyl (C=O) groups is 1. The van der Waals surface area contributed by atoms with E-state index in [1.54, 1.807) is 12.1 Å². The van der Waals surface area contributed by atoms with Gasteiger partial charge in [-0.15, -0.1) is 0 Å². The van der Waals surface area contributed by atoms with Gasteiger partial charge < -0.3 is 14.1 Å². The van der Waals surface area contributed by atoms with Crippen LogP contribution in [0.1, 0.15) is 21.9 Å². The fraction of sp³-hybridized carbons (Fsp3) is 0.273. The summed E-state index contributed by atoms with van der Waals surface area (Å²) in [6.07, 6.45) is 2.61. The zero-order valence-electron chi connectivity index (χ0n) is 10.3. The Labute approximate surface area is 109 Å². The van der Waals surface area contributed by atoms with Crippen LogP contribution in [-0.4, -0.2) is 35.3 Å². The molecule has 0 amide bonds. The molecule has 0 saturated heterocycles. The minimum atomic E-state index is -3.59. The van der Waals surface area contributed by atoms with E-state index in [0.717, 1.165) is 6.26 Å². The van der Waals surface area contributed by atoms with Gasteiger partial charge in [0.25, 0.3) is 0 Å². The molecule has 2 aromatic heterocycles. The lowest BCUT2D eigenvalue weighted by molar-refractivity contribution is 0.0689. The van der Waals surface area contributed by atoms with Crippen LogP contribution in [-0.2, 0) is 23.3 Å². The third kappa shape index (κ3) is 2.53. The van der Waals surface area contributed by atoms with E-state index >= 15 is 0 Å². The van der Waals surface area contributed by atoms with Gasteiger partial charge in [0, 0.05) is 19.7 Å². The highest BCUT2D eigenvalue weighted by molar-refractivity contribution is 7.90. The summed E-state index contributed by atoms with van der Waals surface area (Å²) in [5, 5.41) is 8.82. The number of sulfone groups is 1. The number of aromatic carboxylic acids is 1. The van der Waals surface area contributed by atoms with Crippen LogP contribution in [0.3, 0.4) is 0 Å². The minimum Gasteiger partial charge on any atom is -0.476 e. The maximum Gasteiger partial charge on any atom is 0.356 e. The standard InChI is InChI=1S/C11H12N2O5S/c1-13-8(6-7-4-3-5-18-7)9(10(14)15)12-11(13)19(2,16)17/h3-5H,6H2,1-2H3,(H,14,15). The minimum absolute atomic E-state index is 0.160. The molecule has 0 spiro atoms. The average Bonchev–Trinajstić information content (AvgIpc) is 2.87. The third-order valence-electron chi connectivity index (χ3n) is 2.63. The summed E-state index contributed by atoms with van der Waals surface area (Å²) < 4.78 is 29.5. The Morgan fingerprint density at radius 2 is 2.21 bits per heavy atom. The number of carboxylic acid groups (broad SMARTS) is 1. The van der Waals surface area contributed by atoms with Crippen LogP contribution < -0.4 is 0 Å². The van der Waals surface area contributed by atoms with E-state index < -0.39 is 15.8 Å². The van der Waals surface area contributed by atoms with Gasteiger partial charge in [-0.2, -0.15) is 0 Å². The Morgan fingerprint density at radius 1 is 1.53 bits per heavy atom. The van der Waals surface area contributed by atoms with Gasteiger partial charge in [0.05, 0.1) is 12.0 Å². The third-order valence-corrected chi connectivity index (χ3v) is 3.66. The zero-order chi connectivity index (χ0) is 14.2. The monoisotopic (exact) mass is 284 g/mol. The first-order valence-corrected chi connectivity index (χ1v) is 7.21. The molecule has 0 aliphatic heterocycles. The van der Waals surface area contributed by atoms with Gasteiger partial charge in [0.1, 0.15) is 5.76 Å². The topological polar surface area (TPSA) is 102 Å². The van der Waals surface area contributed by atoms with E-state index in [-0.39, 0.29) is 23.0 Å². The summed E-state index contributed by atoms with van der Waals surface area (Å²) >= 11 is 0. The smallest absolute Gasteiger partial charge is 0.356 e. The highest BCUT2D eigenvalue weighted by Crippen LogP contribution is 2.19. The molecular weight excluding hydrogens is 272 g/mol. The summed E-state index contributed by atoms with van der Waals surface area (Å²) in [7, 11) is -2.12. The molecule has 2 heterocycles. The summed E-state index contributed by atoms with van der Waals surface area (Å²) in [5.41, 5.74) is 0.00204. The van der Waals surface area contributed by atoms with Crippen molar-refractivity contribution >= 4 is 15.8 Å². The van der Waals surface area contributed by atoms with Gasteiger partial charge in [-0.3, -0.25) is 0 Å². The van der Waals surface area contributed by atoms with Gasteiger partial charge in [-0.1, -0.05) is 0 Å². The first-order valence-electron chi connectivity index (χ1n) is 5.32. The molecule has 0 aromatic carbocycles. The van der Waals surface area contributed by atoms with Crippen LogP contribution in [0, 0.1) is 0 Å². The zero-order valence-corrected chi connectivity index (χ0v) is 11.1.